The van der Waals surface area contributed by atoms with Crippen LogP contribution in [-0.4, -0.2) is 31.0 Å². The molecule has 1 aliphatic carbocycles. The maximum Gasteiger partial charge on any atom is 0.339 e. The van der Waals surface area contributed by atoms with Crippen molar-refractivity contribution >= 4 is 5.97 Å². The monoisotopic (exact) mass is 256 g/mol. The molecular weight excluding hydrogens is 244 g/mol. The highest BCUT2D eigenvalue weighted by atomic mass is 16.4. The molecule has 0 saturated heterocycles. The van der Waals surface area contributed by atoms with Gasteiger partial charge in [-0.15, -0.1) is 0 Å². The van der Waals surface area contributed by atoms with Gasteiger partial charge in [-0.2, -0.15) is 0 Å². The maximum absolute atomic E-state index is 11.1. The van der Waals surface area contributed by atoms with Crippen LogP contribution in [0.4, 0.5) is 0 Å². The Morgan fingerprint density at radius 2 is 1.79 bits per heavy atom. The number of aryl methyl sites for hydroxylation is 1. The van der Waals surface area contributed by atoms with Gasteiger partial charge in [0.25, 0.3) is 0 Å². The number of carboxylic acid groups (broad SMARTS) is 1. The lowest BCUT2D eigenvalue weighted by molar-refractivity contribution is 0.0694. The summed E-state index contributed by atoms with van der Waals surface area (Å²) in [6.07, 6.45) is 6.68. The molecule has 2 heterocycles. The van der Waals surface area contributed by atoms with Gasteiger partial charge in [-0.3, -0.25) is 0 Å². The highest BCUT2D eigenvalue weighted by molar-refractivity contribution is 5.89. The zero-order valence-corrected chi connectivity index (χ0v) is 10.4. The Labute approximate surface area is 109 Å². The molecule has 2 aromatic heterocycles. The number of hydrogen-bond acceptors (Lipinski definition) is 5. The third-order valence-electron chi connectivity index (χ3n) is 2.99. The SMILES string of the molecule is Cc1cnc(-c2ncc(C(=O)O)c(C3CC3)n2)nc1. The van der Waals surface area contributed by atoms with Crippen molar-refractivity contribution in [2.24, 2.45) is 0 Å². The summed E-state index contributed by atoms with van der Waals surface area (Å²) < 4.78 is 0. The first-order chi connectivity index (χ1) is 9.15. The smallest absolute Gasteiger partial charge is 0.339 e. The summed E-state index contributed by atoms with van der Waals surface area (Å²) in [5, 5.41) is 9.13. The van der Waals surface area contributed by atoms with Crippen molar-refractivity contribution in [1.29, 1.82) is 0 Å². The summed E-state index contributed by atoms with van der Waals surface area (Å²) in [6.45, 7) is 1.90. The third kappa shape index (κ3) is 2.29. The fourth-order valence-corrected chi connectivity index (χ4v) is 1.84. The molecule has 0 spiro atoms. The van der Waals surface area contributed by atoms with Gasteiger partial charge in [-0.05, 0) is 25.3 Å². The summed E-state index contributed by atoms with van der Waals surface area (Å²) in [7, 11) is 0. The normalized spacial score (nSPS) is 14.4. The van der Waals surface area contributed by atoms with Gasteiger partial charge in [0, 0.05) is 24.5 Å². The van der Waals surface area contributed by atoms with Crippen LogP contribution in [0.3, 0.4) is 0 Å². The number of hydrogen-bond donors (Lipinski definition) is 1. The van der Waals surface area contributed by atoms with E-state index < -0.39 is 5.97 Å². The molecule has 0 aromatic carbocycles. The quantitative estimate of drug-likeness (QED) is 0.901. The summed E-state index contributed by atoms with van der Waals surface area (Å²) in [5.41, 5.74) is 1.73. The topological polar surface area (TPSA) is 88.9 Å². The molecule has 0 unspecified atom stereocenters. The van der Waals surface area contributed by atoms with Crippen molar-refractivity contribution in [3.63, 3.8) is 0 Å². The summed E-state index contributed by atoms with van der Waals surface area (Å²) in [5.74, 6) is 0.0490. The average molecular weight is 256 g/mol. The van der Waals surface area contributed by atoms with E-state index in [0.717, 1.165) is 18.4 Å². The molecule has 1 aliphatic rings. The minimum absolute atomic E-state index is 0.179. The Hall–Kier alpha value is -2.37. The van der Waals surface area contributed by atoms with Crippen LogP contribution in [0.1, 0.15) is 40.4 Å². The minimum atomic E-state index is -0.988. The molecule has 1 saturated carbocycles. The van der Waals surface area contributed by atoms with E-state index in [1.54, 1.807) is 12.4 Å². The van der Waals surface area contributed by atoms with Crippen LogP contribution in [0, 0.1) is 6.92 Å². The first kappa shape index (κ1) is 11.7. The first-order valence-corrected chi connectivity index (χ1v) is 6.04. The highest BCUT2D eigenvalue weighted by Crippen LogP contribution is 2.40. The van der Waals surface area contributed by atoms with Gasteiger partial charge in [0.2, 0.25) is 0 Å². The molecule has 19 heavy (non-hydrogen) atoms. The van der Waals surface area contributed by atoms with E-state index in [1.807, 2.05) is 6.92 Å². The number of aromatic carboxylic acids is 1. The Morgan fingerprint density at radius 3 is 2.37 bits per heavy atom. The molecule has 1 N–H and O–H groups in total. The molecular formula is C13H12N4O2. The van der Waals surface area contributed by atoms with Crippen LogP contribution in [0.15, 0.2) is 18.6 Å². The van der Waals surface area contributed by atoms with E-state index in [4.69, 9.17) is 5.11 Å². The molecule has 0 radical (unpaired) electrons. The molecule has 96 valence electrons. The summed E-state index contributed by atoms with van der Waals surface area (Å²) in [4.78, 5) is 27.8. The molecule has 3 rings (SSSR count). The Morgan fingerprint density at radius 1 is 1.16 bits per heavy atom. The zero-order chi connectivity index (χ0) is 13.4. The lowest BCUT2D eigenvalue weighted by Crippen LogP contribution is -2.07. The van der Waals surface area contributed by atoms with Gasteiger partial charge in [0.1, 0.15) is 0 Å². The Balaban J connectivity index is 2.05. The molecule has 0 amide bonds. The largest absolute Gasteiger partial charge is 0.478 e. The third-order valence-corrected chi connectivity index (χ3v) is 2.99. The van der Waals surface area contributed by atoms with E-state index in [2.05, 4.69) is 19.9 Å². The average Bonchev–Trinajstić information content (AvgIpc) is 3.23. The fraction of sp³-hybridized carbons (Fsp3) is 0.308. The van der Waals surface area contributed by atoms with E-state index in [0.29, 0.717) is 17.3 Å². The Kier molecular flexibility index (Phi) is 2.70. The van der Waals surface area contributed by atoms with E-state index in [9.17, 15) is 4.79 Å². The van der Waals surface area contributed by atoms with Crippen molar-refractivity contribution in [2.45, 2.75) is 25.7 Å². The van der Waals surface area contributed by atoms with Crippen molar-refractivity contribution in [1.82, 2.24) is 19.9 Å². The van der Waals surface area contributed by atoms with Crippen LogP contribution >= 0.6 is 0 Å². The molecule has 1 fully saturated rings. The van der Waals surface area contributed by atoms with Crippen LogP contribution < -0.4 is 0 Å². The van der Waals surface area contributed by atoms with Crippen LogP contribution in [0.2, 0.25) is 0 Å². The second kappa shape index (κ2) is 4.38. The zero-order valence-electron chi connectivity index (χ0n) is 10.4. The highest BCUT2D eigenvalue weighted by Gasteiger charge is 2.30. The molecule has 2 aromatic rings. The fourth-order valence-electron chi connectivity index (χ4n) is 1.84. The molecule has 0 bridgehead atoms. The van der Waals surface area contributed by atoms with E-state index in [-0.39, 0.29) is 11.5 Å². The predicted octanol–water partition coefficient (Wildman–Crippen LogP) is 1.82. The van der Waals surface area contributed by atoms with E-state index in [1.165, 1.54) is 6.20 Å². The first-order valence-electron chi connectivity index (χ1n) is 6.04. The summed E-state index contributed by atoms with van der Waals surface area (Å²) in [6, 6.07) is 0. The Bertz CT molecular complexity index is 636. The molecule has 6 nitrogen and oxygen atoms in total. The van der Waals surface area contributed by atoms with Crippen molar-refractivity contribution < 1.29 is 9.90 Å². The van der Waals surface area contributed by atoms with Gasteiger partial charge >= 0.3 is 5.97 Å². The molecule has 6 heteroatoms. The van der Waals surface area contributed by atoms with E-state index >= 15 is 0 Å². The van der Waals surface area contributed by atoms with Crippen molar-refractivity contribution in [3.8, 4) is 11.6 Å². The van der Waals surface area contributed by atoms with Gasteiger partial charge in [0.15, 0.2) is 11.6 Å². The number of nitrogens with zero attached hydrogens (tertiary/aromatic N) is 4. The lowest BCUT2D eigenvalue weighted by atomic mass is 10.1. The maximum atomic E-state index is 11.1. The second-order valence-corrected chi connectivity index (χ2v) is 4.66. The van der Waals surface area contributed by atoms with Gasteiger partial charge in [-0.25, -0.2) is 24.7 Å². The van der Waals surface area contributed by atoms with Crippen molar-refractivity contribution in [3.05, 3.63) is 35.4 Å². The second-order valence-electron chi connectivity index (χ2n) is 4.66. The van der Waals surface area contributed by atoms with Gasteiger partial charge in [-0.1, -0.05) is 0 Å². The standard InChI is InChI=1S/C13H12N4O2/c1-7-4-14-11(15-5-7)12-16-6-9(13(18)19)10(17-12)8-2-3-8/h4-6,8H,2-3H2,1H3,(H,18,19). The minimum Gasteiger partial charge on any atom is -0.478 e. The van der Waals surface area contributed by atoms with Crippen molar-refractivity contribution in [2.75, 3.05) is 0 Å². The number of carboxylic acids is 1. The van der Waals surface area contributed by atoms with Crippen LogP contribution in [0.5, 0.6) is 0 Å². The molecule has 0 aliphatic heterocycles. The van der Waals surface area contributed by atoms with Crippen LogP contribution in [-0.2, 0) is 0 Å². The van der Waals surface area contributed by atoms with Crippen LogP contribution in [0.25, 0.3) is 11.6 Å². The summed E-state index contributed by atoms with van der Waals surface area (Å²) >= 11 is 0. The predicted molar refractivity (Wildman–Crippen MR) is 66.7 cm³/mol. The number of carbonyl (C=O) groups is 1. The number of aromatic nitrogens is 4. The number of rotatable bonds is 3. The van der Waals surface area contributed by atoms with Gasteiger partial charge in [0.05, 0.1) is 11.3 Å². The lowest BCUT2D eigenvalue weighted by Gasteiger charge is -2.05. The van der Waals surface area contributed by atoms with Gasteiger partial charge < -0.3 is 5.11 Å². The molecule has 0 atom stereocenters.